The van der Waals surface area contributed by atoms with Gasteiger partial charge in [0.25, 0.3) is 0 Å². The van der Waals surface area contributed by atoms with E-state index >= 15 is 0 Å². The van der Waals surface area contributed by atoms with E-state index in [1.54, 1.807) is 0 Å². The molecule has 1 nitrogen and oxygen atoms in total. The van der Waals surface area contributed by atoms with Crippen molar-refractivity contribution in [3.05, 3.63) is 182 Å². The van der Waals surface area contributed by atoms with E-state index in [1.165, 1.54) is 76.7 Å². The maximum atomic E-state index is 4.00. The molecular formula is C46H31N. The van der Waals surface area contributed by atoms with Crippen LogP contribution in [0.5, 0.6) is 0 Å². The lowest BCUT2D eigenvalue weighted by Gasteiger charge is -2.19. The first-order valence-corrected chi connectivity index (χ1v) is 16.1. The number of fused-ring (bicyclic) bond motifs is 5. The van der Waals surface area contributed by atoms with Gasteiger partial charge in [0.15, 0.2) is 0 Å². The third-order valence-corrected chi connectivity index (χ3v) is 9.54. The molecule has 0 atom stereocenters. The Bertz CT molecular complexity index is 2610. The summed E-state index contributed by atoms with van der Waals surface area (Å²) in [6.45, 7) is 4.00. The van der Waals surface area contributed by atoms with E-state index < -0.39 is 0 Å². The molecule has 0 amide bonds. The van der Waals surface area contributed by atoms with Crippen molar-refractivity contribution in [2.75, 3.05) is 0 Å². The molecule has 0 N–H and O–H groups in total. The Morgan fingerprint density at radius 3 is 1.60 bits per heavy atom. The largest absolute Gasteiger partial charge is 0.309 e. The van der Waals surface area contributed by atoms with Crippen LogP contribution in [0.25, 0.3) is 88.5 Å². The number of nitrogens with zero attached hydrogens (tertiary/aromatic N) is 1. The predicted molar refractivity (Wildman–Crippen MR) is 202 cm³/mol. The van der Waals surface area contributed by atoms with Crippen LogP contribution in [0.3, 0.4) is 0 Å². The van der Waals surface area contributed by atoms with Crippen molar-refractivity contribution in [2.24, 2.45) is 0 Å². The maximum Gasteiger partial charge on any atom is 0.0541 e. The fourth-order valence-electron chi connectivity index (χ4n) is 7.39. The zero-order valence-electron chi connectivity index (χ0n) is 25.9. The van der Waals surface area contributed by atoms with Gasteiger partial charge in [0.2, 0.25) is 0 Å². The zero-order chi connectivity index (χ0) is 31.3. The molecule has 0 aliphatic rings. The standard InChI is InChI=1S/C46H31N/c1-2-31-21-28-44-41(29-31)37-17-11-12-20-43(37)47(44)36-25-22-34(23-26-36)45-38-18-9-10-19-39(38)46(33-15-7-4-8-16-33)42-30-35(24-27-40(42)45)32-13-5-3-6-14-32/h2-30H,1H2. The summed E-state index contributed by atoms with van der Waals surface area (Å²) < 4.78 is 2.38. The smallest absolute Gasteiger partial charge is 0.0541 e. The van der Waals surface area contributed by atoms with Crippen molar-refractivity contribution in [3.8, 4) is 39.1 Å². The van der Waals surface area contributed by atoms with Gasteiger partial charge in [0.05, 0.1) is 11.0 Å². The highest BCUT2D eigenvalue weighted by atomic mass is 15.0. The van der Waals surface area contributed by atoms with Gasteiger partial charge in [-0.15, -0.1) is 0 Å². The van der Waals surface area contributed by atoms with E-state index in [-0.39, 0.29) is 0 Å². The molecule has 0 radical (unpaired) electrons. The van der Waals surface area contributed by atoms with Gasteiger partial charge < -0.3 is 4.57 Å². The number of hydrogen-bond acceptors (Lipinski definition) is 0. The van der Waals surface area contributed by atoms with E-state index in [2.05, 4.69) is 181 Å². The number of benzene rings is 8. The molecule has 8 aromatic carbocycles. The van der Waals surface area contributed by atoms with Crippen LogP contribution < -0.4 is 0 Å². The molecule has 0 aliphatic heterocycles. The highest BCUT2D eigenvalue weighted by Gasteiger charge is 2.18. The summed E-state index contributed by atoms with van der Waals surface area (Å²) in [6.07, 6.45) is 1.92. The first-order valence-electron chi connectivity index (χ1n) is 16.1. The Hall–Kier alpha value is -6.18. The normalized spacial score (nSPS) is 11.5. The molecule has 0 saturated carbocycles. The minimum Gasteiger partial charge on any atom is -0.309 e. The van der Waals surface area contributed by atoms with Gasteiger partial charge in [-0.25, -0.2) is 0 Å². The van der Waals surface area contributed by atoms with E-state index in [9.17, 15) is 0 Å². The van der Waals surface area contributed by atoms with Gasteiger partial charge >= 0.3 is 0 Å². The molecule has 9 aromatic rings. The summed E-state index contributed by atoms with van der Waals surface area (Å²) >= 11 is 0. The van der Waals surface area contributed by atoms with Crippen LogP contribution in [0.4, 0.5) is 0 Å². The molecule has 9 rings (SSSR count). The second kappa shape index (κ2) is 11.0. The fourth-order valence-corrected chi connectivity index (χ4v) is 7.39. The number of aromatic nitrogens is 1. The van der Waals surface area contributed by atoms with Crippen molar-refractivity contribution in [1.29, 1.82) is 0 Å². The maximum absolute atomic E-state index is 4.00. The fraction of sp³-hybridized carbons (Fsp3) is 0. The first kappa shape index (κ1) is 27.2. The van der Waals surface area contributed by atoms with E-state index in [4.69, 9.17) is 0 Å². The molecule has 0 fully saturated rings. The Balaban J connectivity index is 1.29. The molecule has 220 valence electrons. The van der Waals surface area contributed by atoms with Gasteiger partial charge in [-0.05, 0) is 96.9 Å². The predicted octanol–water partition coefficient (Wildman–Crippen LogP) is 12.7. The van der Waals surface area contributed by atoms with Crippen molar-refractivity contribution < 1.29 is 0 Å². The summed E-state index contributed by atoms with van der Waals surface area (Å²) in [4.78, 5) is 0. The van der Waals surface area contributed by atoms with Crippen molar-refractivity contribution in [3.63, 3.8) is 0 Å². The van der Waals surface area contributed by atoms with Gasteiger partial charge in [0.1, 0.15) is 0 Å². The second-order valence-corrected chi connectivity index (χ2v) is 12.2. The summed E-state index contributed by atoms with van der Waals surface area (Å²) in [5, 5.41) is 7.52. The van der Waals surface area contributed by atoms with Gasteiger partial charge in [-0.1, -0.05) is 146 Å². The van der Waals surface area contributed by atoms with Crippen LogP contribution in [0, 0.1) is 0 Å². The summed E-state index contributed by atoms with van der Waals surface area (Å²) in [5.74, 6) is 0. The third kappa shape index (κ3) is 4.40. The molecular weight excluding hydrogens is 567 g/mol. The minimum absolute atomic E-state index is 1.13. The van der Waals surface area contributed by atoms with E-state index in [0.717, 1.165) is 11.3 Å². The summed E-state index contributed by atoms with van der Waals surface area (Å²) in [5.41, 5.74) is 12.1. The van der Waals surface area contributed by atoms with Gasteiger partial charge in [0, 0.05) is 16.5 Å². The van der Waals surface area contributed by atoms with E-state index in [1.807, 2.05) is 6.08 Å². The Labute approximate surface area is 274 Å². The lowest BCUT2D eigenvalue weighted by Crippen LogP contribution is -1.95. The molecule has 0 unspecified atom stereocenters. The number of rotatable bonds is 5. The lowest BCUT2D eigenvalue weighted by atomic mass is 9.85. The van der Waals surface area contributed by atoms with Crippen molar-refractivity contribution in [2.45, 2.75) is 0 Å². The molecule has 0 aliphatic carbocycles. The Morgan fingerprint density at radius 2 is 0.894 bits per heavy atom. The first-order chi connectivity index (χ1) is 23.3. The van der Waals surface area contributed by atoms with Gasteiger partial charge in [-0.3, -0.25) is 0 Å². The van der Waals surface area contributed by atoms with E-state index in [0.29, 0.717) is 0 Å². The molecule has 1 aromatic heterocycles. The SMILES string of the molecule is C=Cc1ccc2c(c1)c1ccccc1n2-c1ccc(-c2c3ccccc3c(-c3ccccc3)c3cc(-c4ccccc4)ccc23)cc1. The lowest BCUT2D eigenvalue weighted by molar-refractivity contribution is 1.18. The van der Waals surface area contributed by atoms with Crippen LogP contribution in [0.15, 0.2) is 176 Å². The van der Waals surface area contributed by atoms with Crippen molar-refractivity contribution in [1.82, 2.24) is 4.57 Å². The third-order valence-electron chi connectivity index (χ3n) is 9.54. The minimum atomic E-state index is 1.13. The number of hydrogen-bond donors (Lipinski definition) is 0. The monoisotopic (exact) mass is 597 g/mol. The van der Waals surface area contributed by atoms with Crippen LogP contribution >= 0.6 is 0 Å². The van der Waals surface area contributed by atoms with Crippen LogP contribution in [-0.2, 0) is 0 Å². The molecule has 47 heavy (non-hydrogen) atoms. The highest BCUT2D eigenvalue weighted by Crippen LogP contribution is 2.45. The van der Waals surface area contributed by atoms with Crippen LogP contribution in [0.1, 0.15) is 5.56 Å². The molecule has 1 heteroatoms. The Morgan fingerprint density at radius 1 is 0.362 bits per heavy atom. The molecule has 0 saturated heterocycles. The van der Waals surface area contributed by atoms with Gasteiger partial charge in [-0.2, -0.15) is 0 Å². The quantitative estimate of drug-likeness (QED) is 0.174. The van der Waals surface area contributed by atoms with Crippen LogP contribution in [0.2, 0.25) is 0 Å². The molecule has 0 spiro atoms. The topological polar surface area (TPSA) is 4.93 Å². The zero-order valence-corrected chi connectivity index (χ0v) is 25.9. The second-order valence-electron chi connectivity index (χ2n) is 12.2. The number of para-hydroxylation sites is 1. The summed E-state index contributed by atoms with van der Waals surface area (Å²) in [6, 6.07) is 61.8. The molecule has 1 heterocycles. The average molecular weight is 598 g/mol. The Kier molecular flexibility index (Phi) is 6.36. The highest BCUT2D eigenvalue weighted by molar-refractivity contribution is 6.22. The average Bonchev–Trinajstić information content (AvgIpc) is 3.48. The molecule has 0 bridgehead atoms. The van der Waals surface area contributed by atoms with Crippen molar-refractivity contribution >= 4 is 49.4 Å². The summed E-state index contributed by atoms with van der Waals surface area (Å²) in [7, 11) is 0. The van der Waals surface area contributed by atoms with Crippen LogP contribution in [-0.4, -0.2) is 4.57 Å².